The normalized spacial score (nSPS) is 20.8. The predicted molar refractivity (Wildman–Crippen MR) is 86.3 cm³/mol. The number of furan rings is 1. The van der Waals surface area contributed by atoms with Gasteiger partial charge in [-0.25, -0.2) is 4.79 Å². The lowest BCUT2D eigenvalue weighted by Gasteiger charge is -2.37. The highest BCUT2D eigenvalue weighted by Crippen LogP contribution is 2.28. The SMILES string of the molecule is C[C@H]1CO[C@@H](c2cccc(Cl)c2)CN1C(=O)c1cc(C(=O)O)co1. The Kier molecular flexibility index (Phi) is 4.59. The van der Waals surface area contributed by atoms with Crippen molar-refractivity contribution in [3.8, 4) is 0 Å². The molecule has 1 saturated heterocycles. The van der Waals surface area contributed by atoms with E-state index in [0.29, 0.717) is 18.2 Å². The highest BCUT2D eigenvalue weighted by Gasteiger charge is 2.32. The highest BCUT2D eigenvalue weighted by molar-refractivity contribution is 6.30. The van der Waals surface area contributed by atoms with Gasteiger partial charge in [0, 0.05) is 11.1 Å². The summed E-state index contributed by atoms with van der Waals surface area (Å²) in [5.74, 6) is -1.49. The third kappa shape index (κ3) is 3.29. The van der Waals surface area contributed by atoms with Gasteiger partial charge in [0.05, 0.1) is 24.8 Å². The Balaban J connectivity index is 1.80. The van der Waals surface area contributed by atoms with Crippen molar-refractivity contribution in [1.82, 2.24) is 4.90 Å². The summed E-state index contributed by atoms with van der Waals surface area (Å²) in [5.41, 5.74) is 0.837. The van der Waals surface area contributed by atoms with Crippen molar-refractivity contribution in [2.75, 3.05) is 13.2 Å². The summed E-state index contributed by atoms with van der Waals surface area (Å²) >= 11 is 6.01. The number of amides is 1. The molecule has 1 fully saturated rings. The molecule has 126 valence electrons. The van der Waals surface area contributed by atoms with E-state index < -0.39 is 5.97 Å². The van der Waals surface area contributed by atoms with Crippen LogP contribution in [0.15, 0.2) is 41.0 Å². The van der Waals surface area contributed by atoms with Gasteiger partial charge < -0.3 is 19.2 Å². The van der Waals surface area contributed by atoms with Crippen molar-refractivity contribution >= 4 is 23.5 Å². The molecule has 1 aliphatic rings. The van der Waals surface area contributed by atoms with Crippen molar-refractivity contribution < 1.29 is 23.8 Å². The largest absolute Gasteiger partial charge is 0.478 e. The Bertz CT molecular complexity index is 772. The van der Waals surface area contributed by atoms with Gasteiger partial charge in [-0.2, -0.15) is 0 Å². The number of carbonyl (C=O) groups excluding carboxylic acids is 1. The summed E-state index contributed by atoms with van der Waals surface area (Å²) < 4.78 is 10.9. The third-order valence-electron chi connectivity index (χ3n) is 3.97. The topological polar surface area (TPSA) is 80.0 Å². The number of carboxylic acids is 1. The molecule has 0 spiro atoms. The molecule has 1 N–H and O–H groups in total. The van der Waals surface area contributed by atoms with Crippen LogP contribution in [0.25, 0.3) is 0 Å². The standard InChI is InChI=1S/C17H16ClNO5/c1-10-8-23-15(11-3-2-4-13(18)5-11)7-19(10)16(20)14-6-12(9-24-14)17(21)22/h2-6,9-10,15H,7-8H2,1H3,(H,21,22)/t10-,15+/m0/s1. The van der Waals surface area contributed by atoms with Crippen molar-refractivity contribution in [2.24, 2.45) is 0 Å². The molecule has 6 nitrogen and oxygen atoms in total. The van der Waals surface area contributed by atoms with Gasteiger partial charge in [0.1, 0.15) is 12.4 Å². The second-order valence-corrected chi connectivity index (χ2v) is 6.12. The Morgan fingerprint density at radius 2 is 2.12 bits per heavy atom. The first-order valence-electron chi connectivity index (χ1n) is 7.45. The van der Waals surface area contributed by atoms with Gasteiger partial charge >= 0.3 is 5.97 Å². The summed E-state index contributed by atoms with van der Waals surface area (Å²) in [6, 6.07) is 8.39. The quantitative estimate of drug-likeness (QED) is 0.920. The third-order valence-corrected chi connectivity index (χ3v) is 4.21. The fourth-order valence-corrected chi connectivity index (χ4v) is 2.85. The zero-order chi connectivity index (χ0) is 17.3. The zero-order valence-corrected chi connectivity index (χ0v) is 13.7. The first kappa shape index (κ1) is 16.5. The molecule has 3 rings (SSSR count). The predicted octanol–water partition coefficient (Wildman–Crippen LogP) is 3.23. The molecule has 24 heavy (non-hydrogen) atoms. The fraction of sp³-hybridized carbons (Fsp3) is 0.294. The molecule has 1 aromatic carbocycles. The summed E-state index contributed by atoms with van der Waals surface area (Å²) in [6.07, 6.45) is 0.771. The van der Waals surface area contributed by atoms with Gasteiger partial charge in [-0.05, 0) is 24.6 Å². The maximum Gasteiger partial charge on any atom is 0.338 e. The van der Waals surface area contributed by atoms with Crippen LogP contribution in [0.1, 0.15) is 39.5 Å². The molecule has 1 amide bonds. The minimum atomic E-state index is -1.13. The molecule has 7 heteroatoms. The second kappa shape index (κ2) is 6.67. The van der Waals surface area contributed by atoms with E-state index in [2.05, 4.69) is 0 Å². The minimum Gasteiger partial charge on any atom is -0.478 e. The van der Waals surface area contributed by atoms with E-state index in [0.717, 1.165) is 11.8 Å². The van der Waals surface area contributed by atoms with Crippen molar-refractivity contribution in [1.29, 1.82) is 0 Å². The molecule has 0 radical (unpaired) electrons. The molecule has 0 unspecified atom stereocenters. The van der Waals surface area contributed by atoms with Crippen molar-refractivity contribution in [3.05, 3.63) is 58.5 Å². The second-order valence-electron chi connectivity index (χ2n) is 5.69. The van der Waals surface area contributed by atoms with E-state index in [1.165, 1.54) is 6.07 Å². The average molecular weight is 350 g/mol. The lowest BCUT2D eigenvalue weighted by molar-refractivity contribution is -0.0495. The Morgan fingerprint density at radius 3 is 2.79 bits per heavy atom. The van der Waals surface area contributed by atoms with Crippen LogP contribution in [-0.4, -0.2) is 41.1 Å². The Morgan fingerprint density at radius 1 is 1.33 bits per heavy atom. The van der Waals surface area contributed by atoms with Crippen molar-refractivity contribution in [2.45, 2.75) is 19.1 Å². The molecule has 2 atom stereocenters. The molecule has 2 heterocycles. The Labute approximate surface area is 143 Å². The van der Waals surface area contributed by atoms with Crippen LogP contribution in [-0.2, 0) is 4.74 Å². The molecule has 1 aliphatic heterocycles. The highest BCUT2D eigenvalue weighted by atomic mass is 35.5. The summed E-state index contributed by atoms with van der Waals surface area (Å²) in [6.45, 7) is 2.58. The molecule has 0 aliphatic carbocycles. The number of nitrogens with zero attached hydrogens (tertiary/aromatic N) is 1. The molecular formula is C17H16ClNO5. The zero-order valence-electron chi connectivity index (χ0n) is 12.9. The molecular weight excluding hydrogens is 334 g/mol. The van der Waals surface area contributed by atoms with Gasteiger partial charge in [-0.1, -0.05) is 23.7 Å². The van der Waals surface area contributed by atoms with Crippen LogP contribution in [0, 0.1) is 0 Å². The summed E-state index contributed by atoms with van der Waals surface area (Å²) in [7, 11) is 0. The maximum absolute atomic E-state index is 12.6. The average Bonchev–Trinajstić information content (AvgIpc) is 3.05. The van der Waals surface area contributed by atoms with Crippen molar-refractivity contribution in [3.63, 3.8) is 0 Å². The number of hydrogen-bond donors (Lipinski definition) is 1. The molecule has 0 bridgehead atoms. The number of carbonyl (C=O) groups is 2. The van der Waals surface area contributed by atoms with Gasteiger partial charge in [-0.15, -0.1) is 0 Å². The summed E-state index contributed by atoms with van der Waals surface area (Å²) in [5, 5.41) is 9.54. The van der Waals surface area contributed by atoms with Crippen LogP contribution in [0.2, 0.25) is 5.02 Å². The van der Waals surface area contributed by atoms with Gasteiger partial charge in [0.25, 0.3) is 5.91 Å². The van der Waals surface area contributed by atoms with Gasteiger partial charge in [0.2, 0.25) is 0 Å². The molecule has 2 aromatic rings. The number of morpholine rings is 1. The van der Waals surface area contributed by atoms with E-state index in [1.807, 2.05) is 19.1 Å². The fourth-order valence-electron chi connectivity index (χ4n) is 2.65. The Hall–Kier alpha value is -2.31. The van der Waals surface area contributed by atoms with E-state index in [4.69, 9.17) is 25.9 Å². The lowest BCUT2D eigenvalue weighted by atomic mass is 10.1. The van der Waals surface area contributed by atoms with Crippen LogP contribution in [0.4, 0.5) is 0 Å². The first-order chi connectivity index (χ1) is 11.5. The van der Waals surface area contributed by atoms with E-state index >= 15 is 0 Å². The van der Waals surface area contributed by atoms with Crippen LogP contribution in [0.5, 0.6) is 0 Å². The maximum atomic E-state index is 12.6. The lowest BCUT2D eigenvalue weighted by Crippen LogP contribution is -2.48. The number of carboxylic acid groups (broad SMARTS) is 1. The van der Waals surface area contributed by atoms with Crippen LogP contribution < -0.4 is 0 Å². The van der Waals surface area contributed by atoms with Gasteiger partial charge in [-0.3, -0.25) is 4.79 Å². The number of benzene rings is 1. The number of hydrogen-bond acceptors (Lipinski definition) is 4. The monoisotopic (exact) mass is 349 g/mol. The number of halogens is 1. The van der Waals surface area contributed by atoms with Crippen LogP contribution in [0.3, 0.4) is 0 Å². The number of ether oxygens (including phenoxy) is 1. The smallest absolute Gasteiger partial charge is 0.338 e. The van der Waals surface area contributed by atoms with Crippen LogP contribution >= 0.6 is 11.6 Å². The molecule has 0 saturated carbocycles. The van der Waals surface area contributed by atoms with E-state index in [-0.39, 0.29) is 29.4 Å². The summed E-state index contributed by atoms with van der Waals surface area (Å²) in [4.78, 5) is 25.2. The first-order valence-corrected chi connectivity index (χ1v) is 7.83. The van der Waals surface area contributed by atoms with E-state index in [1.54, 1.807) is 17.0 Å². The molecule has 1 aromatic heterocycles. The van der Waals surface area contributed by atoms with Gasteiger partial charge in [0.15, 0.2) is 5.76 Å². The van der Waals surface area contributed by atoms with E-state index in [9.17, 15) is 9.59 Å². The number of rotatable bonds is 3. The minimum absolute atomic E-state index is 0.00555. The number of aromatic carboxylic acids is 1.